The van der Waals surface area contributed by atoms with Crippen LogP contribution in [-0.2, 0) is 9.53 Å². The molecule has 0 saturated heterocycles. The Labute approximate surface area is 183 Å². The molecule has 172 valence electrons. The lowest BCUT2D eigenvalue weighted by molar-refractivity contribution is -0.190. The predicted molar refractivity (Wildman–Crippen MR) is 118 cm³/mol. The lowest BCUT2D eigenvalue weighted by Gasteiger charge is -2.64. The number of hydrogen-bond acceptors (Lipinski definition) is 4. The summed E-state index contributed by atoms with van der Waals surface area (Å²) in [4.78, 5) is 11.7. The first-order valence-corrected chi connectivity index (χ1v) is 12.6. The van der Waals surface area contributed by atoms with Crippen LogP contribution in [0.15, 0.2) is 0 Å². The molecule has 11 unspecified atom stereocenters. The van der Waals surface area contributed by atoms with Crippen molar-refractivity contribution in [3.05, 3.63) is 0 Å². The highest BCUT2D eigenvalue weighted by atomic mass is 16.5. The molecule has 30 heavy (non-hydrogen) atoms. The molecule has 0 amide bonds. The number of ether oxygens (including phenoxy) is 1. The Bertz CT molecular complexity index is 649. The summed E-state index contributed by atoms with van der Waals surface area (Å²) in [5.74, 6) is 3.90. The Morgan fingerprint density at radius 3 is 2.53 bits per heavy atom. The monoisotopic (exact) mass is 420 g/mol. The minimum Gasteiger partial charge on any atom is -0.469 e. The first-order chi connectivity index (χ1) is 14.1. The molecule has 0 aromatic heterocycles. The first-order valence-electron chi connectivity index (χ1n) is 12.6. The molecule has 11 atom stereocenters. The van der Waals surface area contributed by atoms with E-state index in [1.807, 2.05) is 0 Å². The Morgan fingerprint density at radius 1 is 1.10 bits per heavy atom. The Hall–Kier alpha value is -0.610. The van der Waals surface area contributed by atoms with Crippen molar-refractivity contribution in [2.75, 3.05) is 7.11 Å². The van der Waals surface area contributed by atoms with Crippen LogP contribution >= 0.6 is 0 Å². The summed E-state index contributed by atoms with van der Waals surface area (Å²) in [6, 6.07) is 0. The van der Waals surface area contributed by atoms with Crippen molar-refractivity contribution in [3.63, 3.8) is 0 Å². The molecule has 0 heterocycles. The maximum atomic E-state index is 11.7. The van der Waals surface area contributed by atoms with Crippen molar-refractivity contribution >= 4 is 5.97 Å². The van der Waals surface area contributed by atoms with Crippen LogP contribution in [0.4, 0.5) is 0 Å². The van der Waals surface area contributed by atoms with Crippen molar-refractivity contribution in [1.82, 2.24) is 0 Å². The first kappa shape index (κ1) is 22.6. The minimum absolute atomic E-state index is 0.0393. The number of hydrogen-bond donors (Lipinski definition) is 2. The molecule has 2 N–H and O–H groups in total. The van der Waals surface area contributed by atoms with Gasteiger partial charge in [0.1, 0.15) is 0 Å². The van der Waals surface area contributed by atoms with Gasteiger partial charge < -0.3 is 14.9 Å². The molecule has 0 aliphatic heterocycles. The number of carbonyl (C=O) groups excluding carboxylic acids is 1. The fourth-order valence-electron chi connectivity index (χ4n) is 9.19. The summed E-state index contributed by atoms with van der Waals surface area (Å²) < 4.78 is 4.86. The average molecular weight is 421 g/mol. The Morgan fingerprint density at radius 2 is 1.83 bits per heavy atom. The van der Waals surface area contributed by atoms with Crippen molar-refractivity contribution in [1.29, 1.82) is 0 Å². The van der Waals surface area contributed by atoms with Crippen LogP contribution in [0, 0.1) is 52.3 Å². The molecule has 0 aromatic carbocycles. The SMILES string of the molecule is COC(=O)CCC(C)C1CCC2C3C(C)CC4CC(O)CCC4(C)C3CC(O)C12C. The van der Waals surface area contributed by atoms with E-state index in [1.54, 1.807) is 0 Å². The molecule has 4 fully saturated rings. The zero-order valence-electron chi connectivity index (χ0n) is 19.8. The van der Waals surface area contributed by atoms with E-state index in [1.165, 1.54) is 26.4 Å². The minimum atomic E-state index is -0.258. The lowest BCUT2D eigenvalue weighted by atomic mass is 9.42. The van der Waals surface area contributed by atoms with Crippen LogP contribution in [0.5, 0.6) is 0 Å². The van der Waals surface area contributed by atoms with Gasteiger partial charge in [-0.2, -0.15) is 0 Å². The van der Waals surface area contributed by atoms with Gasteiger partial charge in [0.2, 0.25) is 0 Å². The van der Waals surface area contributed by atoms with Crippen LogP contribution in [-0.4, -0.2) is 35.5 Å². The molecule has 4 heteroatoms. The third kappa shape index (κ3) is 3.36. The molecule has 0 spiro atoms. The summed E-state index contributed by atoms with van der Waals surface area (Å²) in [6.07, 6.45) is 8.50. The van der Waals surface area contributed by atoms with Gasteiger partial charge in [-0.3, -0.25) is 4.79 Å². The van der Waals surface area contributed by atoms with E-state index in [-0.39, 0.29) is 29.0 Å². The summed E-state index contributed by atoms with van der Waals surface area (Å²) in [5.41, 5.74) is 0.232. The van der Waals surface area contributed by atoms with Gasteiger partial charge in [-0.05, 0) is 104 Å². The fraction of sp³-hybridized carbons (Fsp3) is 0.962. The molecule has 0 aromatic rings. The van der Waals surface area contributed by atoms with E-state index in [2.05, 4.69) is 27.7 Å². The molecule has 0 radical (unpaired) electrons. The second kappa shape index (κ2) is 8.06. The van der Waals surface area contributed by atoms with E-state index < -0.39 is 0 Å². The number of carbonyl (C=O) groups is 1. The molecule has 0 bridgehead atoms. The van der Waals surface area contributed by atoms with Gasteiger partial charge in [0.15, 0.2) is 0 Å². The van der Waals surface area contributed by atoms with Gasteiger partial charge in [0.25, 0.3) is 0 Å². The number of aliphatic hydroxyl groups excluding tert-OH is 2. The zero-order valence-corrected chi connectivity index (χ0v) is 19.8. The van der Waals surface area contributed by atoms with Crippen LogP contribution in [0.2, 0.25) is 0 Å². The van der Waals surface area contributed by atoms with Crippen molar-refractivity contribution in [3.8, 4) is 0 Å². The molecular weight excluding hydrogens is 376 g/mol. The van der Waals surface area contributed by atoms with Crippen molar-refractivity contribution in [2.45, 2.75) is 97.7 Å². The van der Waals surface area contributed by atoms with Crippen LogP contribution in [0.25, 0.3) is 0 Å². The summed E-state index contributed by atoms with van der Waals surface area (Å²) in [6.45, 7) is 9.58. The maximum Gasteiger partial charge on any atom is 0.305 e. The lowest BCUT2D eigenvalue weighted by Crippen LogP contribution is -2.60. The van der Waals surface area contributed by atoms with Crippen LogP contribution in [0.1, 0.15) is 85.5 Å². The maximum absolute atomic E-state index is 11.7. The highest BCUT2D eigenvalue weighted by molar-refractivity contribution is 5.69. The Kier molecular flexibility index (Phi) is 6.07. The average Bonchev–Trinajstić information content (AvgIpc) is 3.06. The summed E-state index contributed by atoms with van der Waals surface area (Å²) in [7, 11) is 1.47. The number of rotatable bonds is 4. The second-order valence-electron chi connectivity index (χ2n) is 12.0. The van der Waals surface area contributed by atoms with Gasteiger partial charge in [-0.15, -0.1) is 0 Å². The third-order valence-electron chi connectivity index (χ3n) is 10.9. The molecule has 4 rings (SSSR count). The van der Waals surface area contributed by atoms with Crippen molar-refractivity contribution < 1.29 is 19.7 Å². The number of esters is 1. The topological polar surface area (TPSA) is 66.8 Å². The van der Waals surface area contributed by atoms with E-state index in [0.29, 0.717) is 47.8 Å². The van der Waals surface area contributed by atoms with Gasteiger partial charge in [0.05, 0.1) is 19.3 Å². The standard InChI is InChI=1S/C26H44O4/c1-15(6-9-23(29)30-5)19-7-8-20-24-16(2)12-17-13-18(27)10-11-25(17,3)21(24)14-22(28)26(19,20)4/h15-22,24,27-28H,6-14H2,1-5H3. The molecule has 4 saturated carbocycles. The largest absolute Gasteiger partial charge is 0.469 e. The molecular formula is C26H44O4. The zero-order chi connectivity index (χ0) is 21.8. The van der Waals surface area contributed by atoms with E-state index >= 15 is 0 Å². The fourth-order valence-corrected chi connectivity index (χ4v) is 9.19. The summed E-state index contributed by atoms with van der Waals surface area (Å²) >= 11 is 0. The number of methoxy groups -OCH3 is 1. The van der Waals surface area contributed by atoms with Crippen LogP contribution < -0.4 is 0 Å². The quantitative estimate of drug-likeness (QED) is 0.640. The second-order valence-corrected chi connectivity index (χ2v) is 12.0. The van der Waals surface area contributed by atoms with Gasteiger partial charge in [0, 0.05) is 6.42 Å². The third-order valence-corrected chi connectivity index (χ3v) is 10.9. The van der Waals surface area contributed by atoms with Crippen molar-refractivity contribution in [2.24, 2.45) is 52.3 Å². The predicted octanol–water partition coefficient (Wildman–Crippen LogP) is 4.81. The Balaban J connectivity index is 1.58. The number of aliphatic hydroxyl groups is 2. The molecule has 4 aliphatic carbocycles. The van der Waals surface area contributed by atoms with Gasteiger partial charge in [-0.25, -0.2) is 0 Å². The highest BCUT2D eigenvalue weighted by Crippen LogP contribution is 2.69. The molecule has 4 aliphatic rings. The normalized spacial score (nSPS) is 51.4. The van der Waals surface area contributed by atoms with E-state index in [9.17, 15) is 15.0 Å². The van der Waals surface area contributed by atoms with Gasteiger partial charge >= 0.3 is 5.97 Å². The van der Waals surface area contributed by atoms with E-state index in [0.717, 1.165) is 32.1 Å². The van der Waals surface area contributed by atoms with Gasteiger partial charge in [-0.1, -0.05) is 27.7 Å². The molecule has 4 nitrogen and oxygen atoms in total. The summed E-state index contributed by atoms with van der Waals surface area (Å²) in [5, 5.41) is 21.9. The highest BCUT2D eigenvalue weighted by Gasteiger charge is 2.65. The smallest absolute Gasteiger partial charge is 0.305 e. The van der Waals surface area contributed by atoms with E-state index in [4.69, 9.17) is 4.74 Å². The number of fused-ring (bicyclic) bond motifs is 5. The van der Waals surface area contributed by atoms with Crippen LogP contribution in [0.3, 0.4) is 0 Å².